The first-order valence-corrected chi connectivity index (χ1v) is 8.54. The highest BCUT2D eigenvalue weighted by Gasteiger charge is 2.12. The molecule has 0 unspecified atom stereocenters. The highest BCUT2D eigenvalue weighted by atomic mass is 32.1. The van der Waals surface area contributed by atoms with Crippen LogP contribution >= 0.6 is 12.2 Å². The summed E-state index contributed by atoms with van der Waals surface area (Å²) in [5, 5.41) is 7.08. The molecule has 0 spiro atoms. The molecule has 134 valence electrons. The van der Waals surface area contributed by atoms with Crippen molar-refractivity contribution in [2.45, 2.75) is 27.0 Å². The van der Waals surface area contributed by atoms with Crippen LogP contribution in [0, 0.1) is 18.7 Å². The SMILES string of the molecule is Cc1cccc(NC(=O)Cn2nc(COc3ccccc3)oc2=S)c1C. The molecule has 1 aromatic heterocycles. The van der Waals surface area contributed by atoms with Crippen molar-refractivity contribution in [1.82, 2.24) is 9.78 Å². The maximum atomic E-state index is 12.3. The Morgan fingerprint density at radius 2 is 1.96 bits per heavy atom. The van der Waals surface area contributed by atoms with E-state index in [1.807, 2.05) is 62.4 Å². The van der Waals surface area contributed by atoms with Crippen LogP contribution in [0.15, 0.2) is 52.9 Å². The van der Waals surface area contributed by atoms with Gasteiger partial charge in [-0.2, -0.15) is 0 Å². The number of carbonyl (C=O) groups excluding carboxylic acids is 1. The summed E-state index contributed by atoms with van der Waals surface area (Å²) in [6.45, 7) is 4.07. The molecule has 0 fully saturated rings. The Morgan fingerprint density at radius 1 is 1.19 bits per heavy atom. The van der Waals surface area contributed by atoms with E-state index in [0.717, 1.165) is 16.8 Å². The van der Waals surface area contributed by atoms with Crippen LogP contribution in [0.5, 0.6) is 5.75 Å². The van der Waals surface area contributed by atoms with E-state index in [9.17, 15) is 4.79 Å². The predicted molar refractivity (Wildman–Crippen MR) is 101 cm³/mol. The molecule has 0 saturated heterocycles. The van der Waals surface area contributed by atoms with Gasteiger partial charge in [-0.15, -0.1) is 5.10 Å². The Labute approximate surface area is 156 Å². The zero-order valence-electron chi connectivity index (χ0n) is 14.6. The summed E-state index contributed by atoms with van der Waals surface area (Å²) >= 11 is 5.13. The maximum absolute atomic E-state index is 12.3. The summed E-state index contributed by atoms with van der Waals surface area (Å²) in [7, 11) is 0. The average Bonchev–Trinajstić information content (AvgIpc) is 2.97. The first-order valence-electron chi connectivity index (χ1n) is 8.13. The fourth-order valence-electron chi connectivity index (χ4n) is 2.38. The summed E-state index contributed by atoms with van der Waals surface area (Å²) < 4.78 is 12.3. The van der Waals surface area contributed by atoms with Gasteiger partial charge in [-0.3, -0.25) is 4.79 Å². The molecule has 2 aromatic carbocycles. The van der Waals surface area contributed by atoms with Gasteiger partial charge in [-0.05, 0) is 55.4 Å². The van der Waals surface area contributed by atoms with Gasteiger partial charge < -0.3 is 14.5 Å². The summed E-state index contributed by atoms with van der Waals surface area (Å²) in [4.78, 5) is 12.4. The van der Waals surface area contributed by atoms with Gasteiger partial charge in [0, 0.05) is 5.69 Å². The standard InChI is InChI=1S/C19H19N3O3S/c1-13-7-6-10-16(14(13)2)20-17(23)11-22-19(26)25-18(21-22)12-24-15-8-4-3-5-9-15/h3-10H,11-12H2,1-2H3,(H,20,23). The van der Waals surface area contributed by atoms with Crippen molar-refractivity contribution < 1.29 is 13.9 Å². The minimum Gasteiger partial charge on any atom is -0.484 e. The van der Waals surface area contributed by atoms with Crippen LogP contribution in [0.1, 0.15) is 17.0 Å². The summed E-state index contributed by atoms with van der Waals surface area (Å²) in [5.74, 6) is 0.799. The van der Waals surface area contributed by atoms with Gasteiger partial charge in [0.25, 0.3) is 10.7 Å². The number of hydrogen-bond acceptors (Lipinski definition) is 5. The Balaban J connectivity index is 1.63. The molecule has 0 saturated carbocycles. The van der Waals surface area contributed by atoms with Crippen LogP contribution in [0.25, 0.3) is 0 Å². The number of aromatic nitrogens is 2. The van der Waals surface area contributed by atoms with E-state index in [1.165, 1.54) is 4.68 Å². The van der Waals surface area contributed by atoms with Crippen molar-refractivity contribution >= 4 is 23.8 Å². The number of benzene rings is 2. The molecule has 0 aliphatic carbocycles. The topological polar surface area (TPSA) is 69.3 Å². The summed E-state index contributed by atoms with van der Waals surface area (Å²) in [5.41, 5.74) is 2.92. The Bertz CT molecular complexity index is 964. The average molecular weight is 369 g/mol. The zero-order chi connectivity index (χ0) is 18.5. The quantitative estimate of drug-likeness (QED) is 0.664. The number of amides is 1. The molecule has 1 amide bonds. The minimum atomic E-state index is -0.223. The number of aryl methyl sites for hydroxylation is 1. The molecule has 6 nitrogen and oxygen atoms in total. The number of nitrogens with one attached hydrogen (secondary N) is 1. The van der Waals surface area contributed by atoms with Gasteiger partial charge >= 0.3 is 0 Å². The molecule has 1 heterocycles. The van der Waals surface area contributed by atoms with Crippen LogP contribution in [0.3, 0.4) is 0 Å². The summed E-state index contributed by atoms with van der Waals surface area (Å²) in [6.07, 6.45) is 0. The smallest absolute Gasteiger partial charge is 0.287 e. The van der Waals surface area contributed by atoms with E-state index in [0.29, 0.717) is 11.6 Å². The molecule has 26 heavy (non-hydrogen) atoms. The molecule has 1 N–H and O–H groups in total. The van der Waals surface area contributed by atoms with E-state index in [2.05, 4.69) is 10.4 Å². The fourth-order valence-corrected chi connectivity index (χ4v) is 2.58. The lowest BCUT2D eigenvalue weighted by Gasteiger charge is -2.10. The van der Waals surface area contributed by atoms with Gasteiger partial charge in [0.1, 0.15) is 12.3 Å². The second-order valence-electron chi connectivity index (χ2n) is 5.82. The van der Waals surface area contributed by atoms with Crippen LogP contribution in [0.2, 0.25) is 0 Å². The molecular weight excluding hydrogens is 350 g/mol. The van der Waals surface area contributed by atoms with Crippen molar-refractivity contribution in [1.29, 1.82) is 0 Å². The first kappa shape index (κ1) is 17.9. The molecule has 0 aliphatic heterocycles. The second-order valence-corrected chi connectivity index (χ2v) is 6.17. The van der Waals surface area contributed by atoms with E-state index in [1.54, 1.807) is 0 Å². The van der Waals surface area contributed by atoms with Gasteiger partial charge in [0.05, 0.1) is 0 Å². The van der Waals surface area contributed by atoms with E-state index in [4.69, 9.17) is 21.4 Å². The van der Waals surface area contributed by atoms with Gasteiger partial charge in [-0.25, -0.2) is 4.68 Å². The molecule has 0 aliphatic rings. The van der Waals surface area contributed by atoms with E-state index < -0.39 is 0 Å². The molecule has 3 aromatic rings. The van der Waals surface area contributed by atoms with Gasteiger partial charge in [-0.1, -0.05) is 30.3 Å². The zero-order valence-corrected chi connectivity index (χ0v) is 15.4. The lowest BCUT2D eigenvalue weighted by Crippen LogP contribution is -2.20. The van der Waals surface area contributed by atoms with Crippen molar-refractivity contribution in [2.75, 3.05) is 5.32 Å². The van der Waals surface area contributed by atoms with Crippen LogP contribution in [-0.2, 0) is 17.9 Å². The molecule has 3 rings (SSSR count). The number of anilines is 1. The monoisotopic (exact) mass is 369 g/mol. The van der Waals surface area contributed by atoms with Crippen molar-refractivity contribution in [3.05, 3.63) is 70.4 Å². The molecule has 0 radical (unpaired) electrons. The highest BCUT2D eigenvalue weighted by molar-refractivity contribution is 7.71. The van der Waals surface area contributed by atoms with Crippen LogP contribution in [0.4, 0.5) is 5.69 Å². The van der Waals surface area contributed by atoms with E-state index >= 15 is 0 Å². The molecule has 0 bridgehead atoms. The van der Waals surface area contributed by atoms with Crippen LogP contribution < -0.4 is 10.1 Å². The number of ether oxygens (including phenoxy) is 1. The third-order valence-corrected chi connectivity index (χ3v) is 4.22. The predicted octanol–water partition coefficient (Wildman–Crippen LogP) is 4.04. The third kappa shape index (κ3) is 4.37. The molecule has 0 atom stereocenters. The third-order valence-electron chi connectivity index (χ3n) is 3.93. The summed E-state index contributed by atoms with van der Waals surface area (Å²) in [6, 6.07) is 15.1. The Kier molecular flexibility index (Phi) is 5.48. The van der Waals surface area contributed by atoms with Crippen LogP contribution in [-0.4, -0.2) is 15.7 Å². The second kappa shape index (κ2) is 7.97. The van der Waals surface area contributed by atoms with Crippen molar-refractivity contribution in [3.8, 4) is 5.75 Å². The number of carbonyl (C=O) groups is 1. The maximum Gasteiger partial charge on any atom is 0.287 e. The van der Waals surface area contributed by atoms with Gasteiger partial charge in [0.2, 0.25) is 5.91 Å². The lowest BCUT2D eigenvalue weighted by atomic mass is 10.1. The largest absolute Gasteiger partial charge is 0.484 e. The minimum absolute atomic E-state index is 0.0267. The molecular formula is C19H19N3O3S. The Morgan fingerprint density at radius 3 is 2.73 bits per heavy atom. The van der Waals surface area contributed by atoms with Crippen molar-refractivity contribution in [3.63, 3.8) is 0 Å². The van der Waals surface area contributed by atoms with Gasteiger partial charge in [0.15, 0.2) is 6.61 Å². The lowest BCUT2D eigenvalue weighted by molar-refractivity contribution is -0.117. The van der Waals surface area contributed by atoms with E-state index in [-0.39, 0.29) is 23.9 Å². The van der Waals surface area contributed by atoms with Crippen molar-refractivity contribution in [2.24, 2.45) is 0 Å². The Hall–Kier alpha value is -2.93. The normalized spacial score (nSPS) is 10.5. The molecule has 7 heteroatoms. The number of hydrogen-bond donors (Lipinski definition) is 1. The fraction of sp³-hybridized carbons (Fsp3) is 0.211. The number of rotatable bonds is 6. The first-order chi connectivity index (χ1) is 12.5. The number of para-hydroxylation sites is 1. The number of nitrogens with zero attached hydrogens (tertiary/aromatic N) is 2. The highest BCUT2D eigenvalue weighted by Crippen LogP contribution is 2.18.